The van der Waals surface area contributed by atoms with Gasteiger partial charge in [0.25, 0.3) is 11.8 Å². The smallest absolute Gasteiger partial charge is 0.267 e. The van der Waals surface area contributed by atoms with Crippen LogP contribution in [-0.2, 0) is 11.3 Å². The predicted octanol–water partition coefficient (Wildman–Crippen LogP) is 5.26. The first-order valence-electron chi connectivity index (χ1n) is 12.8. The van der Waals surface area contributed by atoms with Crippen molar-refractivity contribution in [1.82, 2.24) is 20.1 Å². The van der Waals surface area contributed by atoms with E-state index in [1.165, 1.54) is 36.8 Å². The van der Waals surface area contributed by atoms with Gasteiger partial charge < -0.3 is 30.3 Å². The molecule has 1 fully saturated rings. The van der Waals surface area contributed by atoms with Crippen molar-refractivity contribution in [3.8, 4) is 5.75 Å². The third-order valence-electron chi connectivity index (χ3n) is 6.38. The highest BCUT2D eigenvalue weighted by Gasteiger charge is 2.23. The first-order valence-corrected chi connectivity index (χ1v) is 15.2. The van der Waals surface area contributed by atoms with Gasteiger partial charge in [-0.15, -0.1) is 11.3 Å². The predicted molar refractivity (Wildman–Crippen MR) is 172 cm³/mol. The molecule has 0 atom stereocenters. The Morgan fingerprint density at radius 1 is 1.14 bits per heavy atom. The van der Waals surface area contributed by atoms with Gasteiger partial charge in [-0.05, 0) is 35.8 Å². The number of carbonyl (C=O) groups excluding carboxylic acids is 2. The molecule has 4 rings (SSSR count). The van der Waals surface area contributed by atoms with Gasteiger partial charge in [0.05, 0.1) is 41.6 Å². The van der Waals surface area contributed by atoms with E-state index in [-0.39, 0.29) is 37.7 Å². The van der Waals surface area contributed by atoms with Crippen LogP contribution in [0.3, 0.4) is 0 Å². The highest BCUT2D eigenvalue weighted by atomic mass is 35.5. The van der Waals surface area contributed by atoms with Crippen molar-refractivity contribution >= 4 is 86.8 Å². The second kappa shape index (κ2) is 15.1. The summed E-state index contributed by atoms with van der Waals surface area (Å²) in [5, 5.41) is 12.0. The summed E-state index contributed by atoms with van der Waals surface area (Å²) < 4.78 is 10.8. The van der Waals surface area contributed by atoms with Crippen LogP contribution in [0.5, 0.6) is 5.75 Å². The number of hydrogen-bond donors (Lipinski definition) is 3. The number of aromatic nitrogens is 1. The lowest BCUT2D eigenvalue weighted by molar-refractivity contribution is 0.0365. The van der Waals surface area contributed by atoms with Crippen LogP contribution in [0.25, 0.3) is 0 Å². The molecule has 0 radical (unpaired) electrons. The number of morpholine rings is 1. The zero-order valence-electron chi connectivity index (χ0n) is 22.8. The molecule has 0 bridgehead atoms. The second-order valence-corrected chi connectivity index (χ2v) is 11.8. The Bertz CT molecular complexity index is 1430. The molecule has 3 heterocycles. The van der Waals surface area contributed by atoms with Crippen LogP contribution in [0.2, 0.25) is 15.1 Å². The lowest BCUT2D eigenvalue weighted by atomic mass is 10.1. The molecule has 3 aromatic rings. The van der Waals surface area contributed by atoms with E-state index in [0.717, 1.165) is 39.4 Å². The molecule has 1 aliphatic rings. The molecule has 1 aliphatic heterocycles. The van der Waals surface area contributed by atoms with Crippen molar-refractivity contribution in [3.05, 3.63) is 66.9 Å². The van der Waals surface area contributed by atoms with E-state index in [2.05, 4.69) is 25.8 Å². The van der Waals surface area contributed by atoms with Crippen LogP contribution < -0.4 is 20.7 Å². The van der Waals surface area contributed by atoms with E-state index < -0.39 is 11.8 Å². The standard InChI is InChI=1S/C27H29Cl3N6O4S2/c1-35(5-6-36-7-9-40-10-8-36)27(41)32-13-16-15-42-24(22(16)30)26(38)34-23-19(11-18(29)12-20(23)39-2)25(37)33-21-4-3-17(28)14-31-21/h3-4,11-12,14-15H,5-10,13H2,1-2H3,(H,32,41)(H,34,38)(H,31,33,37). The minimum absolute atomic E-state index is 0.0736. The highest BCUT2D eigenvalue weighted by Crippen LogP contribution is 2.35. The Balaban J connectivity index is 1.42. The number of anilines is 2. The quantitative estimate of drug-likeness (QED) is 0.249. The molecule has 224 valence electrons. The largest absolute Gasteiger partial charge is 0.494 e. The van der Waals surface area contributed by atoms with Gasteiger partial charge in [-0.2, -0.15) is 0 Å². The number of rotatable bonds is 10. The molecular weight excluding hydrogens is 643 g/mol. The minimum atomic E-state index is -0.561. The number of ether oxygens (including phenoxy) is 2. The number of pyridine rings is 1. The topological polar surface area (TPSA) is 108 Å². The van der Waals surface area contributed by atoms with Gasteiger partial charge in [-0.3, -0.25) is 14.5 Å². The summed E-state index contributed by atoms with van der Waals surface area (Å²) >= 11 is 25.5. The molecule has 0 spiro atoms. The average molecular weight is 672 g/mol. The van der Waals surface area contributed by atoms with Crippen molar-refractivity contribution in [2.75, 3.05) is 64.2 Å². The van der Waals surface area contributed by atoms with Gasteiger partial charge in [-0.1, -0.05) is 34.8 Å². The Morgan fingerprint density at radius 3 is 2.60 bits per heavy atom. The molecule has 10 nitrogen and oxygen atoms in total. The van der Waals surface area contributed by atoms with E-state index >= 15 is 0 Å². The normalized spacial score (nSPS) is 13.4. The number of thiophene rings is 1. The fraction of sp³-hybridized carbons (Fsp3) is 0.333. The number of likely N-dealkylation sites (N-methyl/N-ethyl adjacent to an activating group) is 1. The van der Waals surface area contributed by atoms with Gasteiger partial charge in [-0.25, -0.2) is 4.98 Å². The van der Waals surface area contributed by atoms with Crippen LogP contribution in [0.4, 0.5) is 11.5 Å². The van der Waals surface area contributed by atoms with Crippen molar-refractivity contribution < 1.29 is 19.1 Å². The molecule has 0 saturated carbocycles. The number of methoxy groups -OCH3 is 1. The maximum atomic E-state index is 13.4. The number of nitrogens with one attached hydrogen (secondary N) is 3. The number of benzene rings is 1. The van der Waals surface area contributed by atoms with Crippen LogP contribution in [0.15, 0.2) is 35.8 Å². The molecule has 15 heteroatoms. The second-order valence-electron chi connectivity index (χ2n) is 9.24. The number of thiocarbonyl (C=S) groups is 1. The fourth-order valence-corrected chi connectivity index (χ4v) is 5.77. The monoisotopic (exact) mass is 670 g/mol. The maximum absolute atomic E-state index is 13.4. The van der Waals surface area contributed by atoms with E-state index in [4.69, 9.17) is 56.5 Å². The zero-order valence-corrected chi connectivity index (χ0v) is 26.7. The van der Waals surface area contributed by atoms with E-state index in [1.807, 2.05) is 11.9 Å². The Kier molecular flexibility index (Phi) is 11.6. The van der Waals surface area contributed by atoms with Crippen LogP contribution in [0.1, 0.15) is 25.6 Å². The van der Waals surface area contributed by atoms with Gasteiger partial charge in [0.1, 0.15) is 16.4 Å². The van der Waals surface area contributed by atoms with Gasteiger partial charge >= 0.3 is 0 Å². The summed E-state index contributed by atoms with van der Waals surface area (Å²) in [6.45, 7) is 5.32. The molecule has 42 heavy (non-hydrogen) atoms. The van der Waals surface area contributed by atoms with Crippen molar-refractivity contribution in [2.45, 2.75) is 6.54 Å². The maximum Gasteiger partial charge on any atom is 0.267 e. The van der Waals surface area contributed by atoms with E-state index in [9.17, 15) is 9.59 Å². The van der Waals surface area contributed by atoms with Gasteiger partial charge in [0, 0.05) is 62.6 Å². The summed E-state index contributed by atoms with van der Waals surface area (Å²) in [7, 11) is 3.34. The molecule has 3 N–H and O–H groups in total. The SMILES string of the molecule is COc1cc(Cl)cc(C(=O)Nc2ccc(Cl)cn2)c1NC(=O)c1scc(CNC(=S)N(C)CCN2CCOCC2)c1Cl. The summed E-state index contributed by atoms with van der Waals surface area (Å²) in [6.07, 6.45) is 1.40. The van der Waals surface area contributed by atoms with Gasteiger partial charge in [0.15, 0.2) is 5.11 Å². The molecule has 0 unspecified atom stereocenters. The number of halogens is 3. The fourth-order valence-electron chi connectivity index (χ4n) is 4.03. The average Bonchev–Trinajstić information content (AvgIpc) is 3.36. The molecule has 0 aliphatic carbocycles. The molecule has 2 amide bonds. The Labute approximate surface area is 268 Å². The molecule has 1 saturated heterocycles. The lowest BCUT2D eigenvalue weighted by Crippen LogP contribution is -2.44. The first kappa shape index (κ1) is 32.2. The third kappa shape index (κ3) is 8.44. The van der Waals surface area contributed by atoms with Crippen molar-refractivity contribution in [1.29, 1.82) is 0 Å². The zero-order chi connectivity index (χ0) is 30.2. The highest BCUT2D eigenvalue weighted by molar-refractivity contribution is 7.80. The molecular formula is C27H29Cl3N6O4S2. The number of nitrogens with zero attached hydrogens (tertiary/aromatic N) is 3. The van der Waals surface area contributed by atoms with Crippen LogP contribution in [-0.4, -0.2) is 85.3 Å². The Morgan fingerprint density at radius 2 is 1.90 bits per heavy atom. The van der Waals surface area contributed by atoms with Crippen molar-refractivity contribution in [3.63, 3.8) is 0 Å². The third-order valence-corrected chi connectivity index (χ3v) is 8.85. The van der Waals surface area contributed by atoms with Crippen molar-refractivity contribution in [2.24, 2.45) is 0 Å². The minimum Gasteiger partial charge on any atom is -0.494 e. The van der Waals surface area contributed by atoms with Gasteiger partial charge in [0.2, 0.25) is 0 Å². The summed E-state index contributed by atoms with van der Waals surface area (Å²) in [4.78, 5) is 35.2. The van der Waals surface area contributed by atoms with Crippen LogP contribution >= 0.6 is 58.4 Å². The summed E-state index contributed by atoms with van der Waals surface area (Å²) in [5.74, 6) is -0.607. The van der Waals surface area contributed by atoms with E-state index in [1.54, 1.807) is 17.5 Å². The Hall–Kier alpha value is -2.71. The summed E-state index contributed by atoms with van der Waals surface area (Å²) in [5.41, 5.74) is 0.917. The molecule has 2 aromatic heterocycles. The number of carbonyl (C=O) groups is 2. The summed E-state index contributed by atoms with van der Waals surface area (Å²) in [6, 6.07) is 6.06. The first-order chi connectivity index (χ1) is 20.2. The number of hydrogen-bond acceptors (Lipinski definition) is 8. The number of amides is 2. The van der Waals surface area contributed by atoms with Crippen LogP contribution in [0, 0.1) is 0 Å². The molecule has 1 aromatic carbocycles. The lowest BCUT2D eigenvalue weighted by Gasteiger charge is -2.29. The van der Waals surface area contributed by atoms with E-state index in [0.29, 0.717) is 22.2 Å².